The average Bonchev–Trinajstić information content (AvgIpc) is 2.36. The third kappa shape index (κ3) is 3.61. The Hall–Kier alpha value is 0.570. The van der Waals surface area contributed by atoms with Gasteiger partial charge in [0.25, 0.3) is 0 Å². The molecule has 100 valence electrons. The van der Waals surface area contributed by atoms with E-state index in [1.165, 1.54) is 0 Å². The van der Waals surface area contributed by atoms with Crippen molar-refractivity contribution in [3.05, 3.63) is 64.0 Å². The van der Waals surface area contributed by atoms with Crippen LogP contribution in [-0.4, -0.2) is 5.11 Å². The van der Waals surface area contributed by atoms with Crippen molar-refractivity contribution >= 4 is 70.4 Å². The van der Waals surface area contributed by atoms with Gasteiger partial charge in [-0.25, -0.2) is 0 Å². The minimum Gasteiger partial charge on any atom is -0.384 e. The summed E-state index contributed by atoms with van der Waals surface area (Å²) < 4.78 is 3.90. The van der Waals surface area contributed by atoms with Gasteiger partial charge in [0.05, 0.1) is 0 Å². The normalized spacial score (nSPS) is 12.5. The van der Waals surface area contributed by atoms with E-state index in [0.717, 1.165) is 33.7 Å². The van der Waals surface area contributed by atoms with E-state index in [-0.39, 0.29) is 0 Å². The summed E-state index contributed by atoms with van der Waals surface area (Å²) in [4.78, 5) is 0. The van der Waals surface area contributed by atoms with E-state index in [9.17, 15) is 5.11 Å². The Kier molecular flexibility index (Phi) is 5.50. The van der Waals surface area contributed by atoms with Gasteiger partial charge in [-0.15, -0.1) is 0 Å². The van der Waals surface area contributed by atoms with E-state index >= 15 is 0 Å². The molecule has 2 aromatic carbocycles. The summed E-state index contributed by atoms with van der Waals surface area (Å²) >= 11 is 12.8. The molecule has 1 unspecified atom stereocenters. The molecule has 0 aliphatic rings. The van der Waals surface area contributed by atoms with Crippen molar-refractivity contribution in [2.45, 2.75) is 13.0 Å². The highest BCUT2D eigenvalue weighted by Gasteiger charge is 2.18. The van der Waals surface area contributed by atoms with Crippen LogP contribution in [0.5, 0.6) is 0 Å². The Balaban J connectivity index is 2.52. The number of rotatable bonds is 2. The second kappa shape index (κ2) is 6.56. The second-order valence-electron chi connectivity index (χ2n) is 4.19. The summed E-state index contributed by atoms with van der Waals surface area (Å²) in [6, 6.07) is 9.90. The lowest BCUT2D eigenvalue weighted by atomic mass is 10.0. The maximum absolute atomic E-state index is 10.6. The predicted molar refractivity (Wildman–Crippen MR) is 97.5 cm³/mol. The lowest BCUT2D eigenvalue weighted by molar-refractivity contribution is 0.218. The molecule has 5 heteroatoms. The highest BCUT2D eigenvalue weighted by Crippen LogP contribution is 2.36. The van der Waals surface area contributed by atoms with Gasteiger partial charge in [0.1, 0.15) is 6.10 Å². The van der Waals surface area contributed by atoms with Crippen molar-refractivity contribution in [3.8, 4) is 0 Å². The van der Waals surface area contributed by atoms with Crippen LogP contribution in [0.2, 0.25) is 0 Å². The molecule has 1 N–H and O–H groups in total. The number of aliphatic hydroxyl groups excluding tert-OH is 1. The van der Waals surface area contributed by atoms with E-state index in [0.29, 0.717) is 0 Å². The first-order chi connectivity index (χ1) is 8.90. The van der Waals surface area contributed by atoms with Gasteiger partial charge in [-0.1, -0.05) is 47.8 Å². The number of halogens is 4. The first-order valence-electron chi connectivity index (χ1n) is 5.48. The molecule has 0 saturated heterocycles. The van der Waals surface area contributed by atoms with Crippen molar-refractivity contribution in [1.29, 1.82) is 0 Å². The number of hydrogen-bond acceptors (Lipinski definition) is 1. The Morgan fingerprint density at radius 1 is 0.947 bits per heavy atom. The number of aliphatic hydroxyl groups is 1. The van der Waals surface area contributed by atoms with Crippen LogP contribution >= 0.6 is 70.4 Å². The van der Waals surface area contributed by atoms with Gasteiger partial charge >= 0.3 is 0 Å². The molecule has 2 aromatic rings. The van der Waals surface area contributed by atoms with E-state index in [2.05, 4.69) is 70.4 Å². The molecular weight excluding hydrogens is 551 g/mol. The predicted octanol–water partition coefficient (Wildman–Crippen LogP) is 5.97. The number of benzene rings is 2. The van der Waals surface area contributed by atoms with E-state index in [1.54, 1.807) is 0 Å². The van der Waals surface area contributed by atoms with E-state index in [4.69, 9.17) is 0 Å². The molecule has 0 amide bonds. The van der Waals surface area contributed by atoms with Crippen LogP contribution in [0.25, 0.3) is 0 Å². The van der Waals surface area contributed by atoms with Crippen LogP contribution in [0.4, 0.5) is 0 Å². The third-order valence-corrected chi connectivity index (χ3v) is 5.76. The summed E-state index contributed by atoms with van der Waals surface area (Å²) in [6.45, 7) is 2.02. The molecule has 0 aromatic heterocycles. The smallest absolute Gasteiger partial charge is 0.106 e. The quantitative estimate of drug-likeness (QED) is 0.449. The summed E-state index contributed by atoms with van der Waals surface area (Å²) in [6.07, 6.45) is -0.671. The maximum Gasteiger partial charge on any atom is 0.106 e. The van der Waals surface area contributed by atoms with Gasteiger partial charge in [-0.3, -0.25) is 0 Å². The number of aryl methyl sites for hydroxylation is 1. The van der Waals surface area contributed by atoms with E-state index < -0.39 is 6.10 Å². The molecule has 0 bridgehead atoms. The van der Waals surface area contributed by atoms with Crippen molar-refractivity contribution in [2.75, 3.05) is 0 Å². The molecule has 0 spiro atoms. The summed E-state index contributed by atoms with van der Waals surface area (Å²) in [5.41, 5.74) is 2.84. The molecule has 0 aliphatic heterocycles. The molecule has 1 atom stereocenters. The van der Waals surface area contributed by atoms with Crippen molar-refractivity contribution in [3.63, 3.8) is 0 Å². The second-order valence-corrected chi connectivity index (χ2v) is 8.00. The van der Waals surface area contributed by atoms with Gasteiger partial charge in [-0.2, -0.15) is 0 Å². The third-order valence-electron chi connectivity index (χ3n) is 2.83. The van der Waals surface area contributed by atoms with Crippen molar-refractivity contribution in [2.24, 2.45) is 0 Å². The molecule has 0 fully saturated rings. The molecule has 0 radical (unpaired) electrons. The van der Waals surface area contributed by atoms with Crippen LogP contribution in [0, 0.1) is 10.5 Å². The van der Waals surface area contributed by atoms with Crippen molar-refractivity contribution in [1.82, 2.24) is 0 Å². The molecule has 0 heterocycles. The largest absolute Gasteiger partial charge is 0.384 e. The fourth-order valence-electron chi connectivity index (χ4n) is 1.76. The lowest BCUT2D eigenvalue weighted by Gasteiger charge is -2.16. The Morgan fingerprint density at radius 3 is 2.26 bits per heavy atom. The fourth-order valence-corrected chi connectivity index (χ4v) is 3.78. The molecule has 0 saturated carbocycles. The molecule has 1 nitrogen and oxygen atoms in total. The van der Waals surface area contributed by atoms with Gasteiger partial charge in [-0.05, 0) is 65.4 Å². The first kappa shape index (κ1) is 15.9. The minimum absolute atomic E-state index is 0.671. The molecule has 2 rings (SSSR count). The SMILES string of the molecule is Cc1cc(Br)c(C(O)c2cc(I)ccc2Br)cc1Br. The van der Waals surface area contributed by atoms with Gasteiger partial charge in [0, 0.05) is 28.1 Å². The van der Waals surface area contributed by atoms with Crippen LogP contribution in [-0.2, 0) is 0 Å². The number of hydrogen-bond donors (Lipinski definition) is 1. The fraction of sp³-hybridized carbons (Fsp3) is 0.143. The Labute approximate surface area is 151 Å². The summed E-state index contributed by atoms with van der Waals surface area (Å²) in [7, 11) is 0. The zero-order valence-electron chi connectivity index (χ0n) is 9.92. The van der Waals surface area contributed by atoms with Crippen LogP contribution in [0.1, 0.15) is 22.8 Å². The van der Waals surface area contributed by atoms with Crippen molar-refractivity contribution < 1.29 is 5.11 Å². The zero-order valence-corrected chi connectivity index (χ0v) is 16.8. The highest BCUT2D eigenvalue weighted by molar-refractivity contribution is 14.1. The lowest BCUT2D eigenvalue weighted by Crippen LogP contribution is -2.03. The Bertz CT molecular complexity index is 628. The molecular formula is C14H10Br3IO. The van der Waals surface area contributed by atoms with Crippen LogP contribution in [0.3, 0.4) is 0 Å². The minimum atomic E-state index is -0.671. The highest BCUT2D eigenvalue weighted by atomic mass is 127. The monoisotopic (exact) mass is 558 g/mol. The average molecular weight is 561 g/mol. The maximum atomic E-state index is 10.6. The van der Waals surface area contributed by atoms with Gasteiger partial charge in [0.2, 0.25) is 0 Å². The Morgan fingerprint density at radius 2 is 1.58 bits per heavy atom. The summed E-state index contributed by atoms with van der Waals surface area (Å²) in [5, 5.41) is 10.6. The van der Waals surface area contributed by atoms with E-state index in [1.807, 2.05) is 37.3 Å². The van der Waals surface area contributed by atoms with Gasteiger partial charge < -0.3 is 5.11 Å². The standard InChI is InChI=1S/C14H10Br3IO/c1-7-4-13(17)10(6-12(7)16)14(19)9-5-8(18)2-3-11(9)15/h2-6,14,19H,1H3. The van der Waals surface area contributed by atoms with Crippen LogP contribution in [0.15, 0.2) is 43.7 Å². The molecule has 0 aliphatic carbocycles. The van der Waals surface area contributed by atoms with Crippen LogP contribution < -0.4 is 0 Å². The topological polar surface area (TPSA) is 20.2 Å². The first-order valence-corrected chi connectivity index (χ1v) is 8.94. The van der Waals surface area contributed by atoms with Gasteiger partial charge in [0.15, 0.2) is 0 Å². The molecule has 19 heavy (non-hydrogen) atoms. The summed E-state index contributed by atoms with van der Waals surface area (Å²) in [5.74, 6) is 0. The zero-order chi connectivity index (χ0) is 14.2.